The number of hydrogen-bond donors (Lipinski definition) is 2. The molecule has 2 N–H and O–H groups in total. The summed E-state index contributed by atoms with van der Waals surface area (Å²) in [7, 11) is 0. The summed E-state index contributed by atoms with van der Waals surface area (Å²) in [4.78, 5) is 7.91. The van der Waals surface area contributed by atoms with Crippen LogP contribution in [0.2, 0.25) is 0 Å². The second kappa shape index (κ2) is 6.44. The molecule has 2 heterocycles. The highest BCUT2D eigenvalue weighted by atomic mass is 32.1. The summed E-state index contributed by atoms with van der Waals surface area (Å²) < 4.78 is 0. The highest BCUT2D eigenvalue weighted by Gasteiger charge is 2.18. The first-order chi connectivity index (χ1) is 8.29. The van der Waals surface area contributed by atoms with Crippen molar-refractivity contribution in [1.82, 2.24) is 15.2 Å². The molecule has 1 saturated heterocycles. The Morgan fingerprint density at radius 1 is 1.65 bits per heavy atom. The summed E-state index contributed by atoms with van der Waals surface area (Å²) in [6.07, 6.45) is 2.53. The van der Waals surface area contributed by atoms with Gasteiger partial charge in [-0.3, -0.25) is 4.90 Å². The Morgan fingerprint density at radius 2 is 2.53 bits per heavy atom. The normalized spacial score (nSPS) is 20.3. The summed E-state index contributed by atoms with van der Waals surface area (Å²) in [5, 5.41) is 12.6. The van der Waals surface area contributed by atoms with Crippen LogP contribution in [0.4, 0.5) is 0 Å². The van der Waals surface area contributed by atoms with Gasteiger partial charge in [0.1, 0.15) is 0 Å². The number of aliphatic hydroxyl groups excluding tert-OH is 1. The van der Waals surface area contributed by atoms with Crippen LogP contribution in [0.15, 0.2) is 5.51 Å². The van der Waals surface area contributed by atoms with Crippen LogP contribution in [0.3, 0.4) is 0 Å². The number of aryl methyl sites for hydroxylation is 1. The van der Waals surface area contributed by atoms with E-state index in [4.69, 9.17) is 5.11 Å². The summed E-state index contributed by atoms with van der Waals surface area (Å²) >= 11 is 1.71. The van der Waals surface area contributed by atoms with Gasteiger partial charge in [-0.1, -0.05) is 0 Å². The topological polar surface area (TPSA) is 48.4 Å². The van der Waals surface area contributed by atoms with E-state index in [1.807, 2.05) is 5.51 Å². The minimum Gasteiger partial charge on any atom is -0.395 e. The molecule has 0 aliphatic carbocycles. The number of aliphatic hydroxyl groups is 1. The molecule has 1 aliphatic rings. The summed E-state index contributed by atoms with van der Waals surface area (Å²) in [5.41, 5.74) is 3.02. The largest absolute Gasteiger partial charge is 0.395 e. The van der Waals surface area contributed by atoms with E-state index >= 15 is 0 Å². The van der Waals surface area contributed by atoms with Crippen LogP contribution in [-0.2, 0) is 6.54 Å². The zero-order valence-electron chi connectivity index (χ0n) is 10.4. The maximum Gasteiger partial charge on any atom is 0.0798 e. The second-order valence-corrected chi connectivity index (χ2v) is 5.55. The van der Waals surface area contributed by atoms with E-state index in [2.05, 4.69) is 22.1 Å². The third kappa shape index (κ3) is 3.74. The quantitative estimate of drug-likeness (QED) is 0.796. The van der Waals surface area contributed by atoms with Gasteiger partial charge in [0.2, 0.25) is 0 Å². The van der Waals surface area contributed by atoms with Crippen LogP contribution in [0.1, 0.15) is 23.4 Å². The molecule has 2 rings (SSSR count). The summed E-state index contributed by atoms with van der Waals surface area (Å²) in [6, 6.07) is 0.592. The SMILES string of the molecule is Cc1ncsc1CN(CCO)CC1CCCN1. The number of rotatable bonds is 6. The van der Waals surface area contributed by atoms with E-state index in [1.165, 1.54) is 17.7 Å². The minimum atomic E-state index is 0.227. The van der Waals surface area contributed by atoms with E-state index in [0.717, 1.165) is 31.9 Å². The number of aromatic nitrogens is 1. The first-order valence-corrected chi connectivity index (χ1v) is 7.13. The molecule has 5 heteroatoms. The van der Waals surface area contributed by atoms with Gasteiger partial charge in [-0.2, -0.15) is 0 Å². The summed E-state index contributed by atoms with van der Waals surface area (Å²) in [6.45, 7) is 6.10. The molecule has 1 fully saturated rings. The van der Waals surface area contributed by atoms with Gasteiger partial charge in [0.25, 0.3) is 0 Å². The monoisotopic (exact) mass is 255 g/mol. The molecular weight excluding hydrogens is 234 g/mol. The van der Waals surface area contributed by atoms with Crippen molar-refractivity contribution in [2.45, 2.75) is 32.4 Å². The average Bonchev–Trinajstić information content (AvgIpc) is 2.92. The van der Waals surface area contributed by atoms with Gasteiger partial charge in [0, 0.05) is 30.6 Å². The zero-order chi connectivity index (χ0) is 12.1. The van der Waals surface area contributed by atoms with Crippen molar-refractivity contribution in [3.8, 4) is 0 Å². The molecule has 17 heavy (non-hydrogen) atoms. The van der Waals surface area contributed by atoms with Crippen LogP contribution in [0.5, 0.6) is 0 Å². The minimum absolute atomic E-state index is 0.227. The van der Waals surface area contributed by atoms with Crippen LogP contribution in [-0.4, -0.2) is 47.3 Å². The standard InChI is InChI=1S/C12H21N3OS/c1-10-12(17-9-14-10)8-15(5-6-16)7-11-3-2-4-13-11/h9,11,13,16H,2-8H2,1H3. The van der Waals surface area contributed by atoms with Crippen LogP contribution >= 0.6 is 11.3 Å². The zero-order valence-corrected chi connectivity index (χ0v) is 11.2. The lowest BCUT2D eigenvalue weighted by Gasteiger charge is -2.24. The molecule has 96 valence electrons. The first-order valence-electron chi connectivity index (χ1n) is 6.25. The average molecular weight is 255 g/mol. The van der Waals surface area contributed by atoms with Gasteiger partial charge in [-0.25, -0.2) is 4.98 Å². The third-order valence-corrected chi connectivity index (χ3v) is 4.19. The molecule has 0 radical (unpaired) electrons. The molecule has 1 aliphatic heterocycles. The lowest BCUT2D eigenvalue weighted by atomic mass is 10.2. The van der Waals surface area contributed by atoms with Crippen molar-refractivity contribution in [1.29, 1.82) is 0 Å². The van der Waals surface area contributed by atoms with Crippen molar-refractivity contribution in [2.24, 2.45) is 0 Å². The van der Waals surface area contributed by atoms with E-state index in [1.54, 1.807) is 11.3 Å². The van der Waals surface area contributed by atoms with Crippen molar-refractivity contribution < 1.29 is 5.11 Å². The Kier molecular flexibility index (Phi) is 4.91. The molecule has 0 spiro atoms. The van der Waals surface area contributed by atoms with Crippen LogP contribution in [0, 0.1) is 6.92 Å². The predicted octanol–water partition coefficient (Wildman–Crippen LogP) is 0.998. The van der Waals surface area contributed by atoms with Crippen molar-refractivity contribution in [2.75, 3.05) is 26.2 Å². The van der Waals surface area contributed by atoms with Gasteiger partial charge < -0.3 is 10.4 Å². The molecule has 1 unspecified atom stereocenters. The van der Waals surface area contributed by atoms with E-state index < -0.39 is 0 Å². The molecule has 1 aromatic heterocycles. The Bertz CT molecular complexity index is 336. The predicted molar refractivity (Wildman–Crippen MR) is 70.2 cm³/mol. The Labute approximate surface area is 107 Å². The fourth-order valence-electron chi connectivity index (χ4n) is 2.28. The lowest BCUT2D eigenvalue weighted by Crippen LogP contribution is -2.38. The molecule has 0 saturated carbocycles. The second-order valence-electron chi connectivity index (χ2n) is 4.61. The maximum atomic E-state index is 9.13. The van der Waals surface area contributed by atoms with Crippen molar-refractivity contribution in [3.05, 3.63) is 16.1 Å². The molecule has 0 amide bonds. The fourth-order valence-corrected chi connectivity index (χ4v) is 3.10. The molecule has 4 nitrogen and oxygen atoms in total. The van der Waals surface area contributed by atoms with E-state index in [9.17, 15) is 0 Å². The first kappa shape index (κ1) is 13.0. The van der Waals surface area contributed by atoms with Gasteiger partial charge >= 0.3 is 0 Å². The fraction of sp³-hybridized carbons (Fsp3) is 0.750. The Hall–Kier alpha value is -0.490. The molecule has 0 bridgehead atoms. The van der Waals surface area contributed by atoms with E-state index in [-0.39, 0.29) is 6.61 Å². The van der Waals surface area contributed by atoms with Crippen molar-refractivity contribution in [3.63, 3.8) is 0 Å². The molecule has 0 aromatic carbocycles. The highest BCUT2D eigenvalue weighted by molar-refractivity contribution is 7.09. The van der Waals surface area contributed by atoms with E-state index in [0.29, 0.717) is 6.04 Å². The third-order valence-electron chi connectivity index (χ3n) is 3.27. The number of thiazole rings is 1. The lowest BCUT2D eigenvalue weighted by molar-refractivity contribution is 0.180. The Morgan fingerprint density at radius 3 is 3.12 bits per heavy atom. The number of hydrogen-bond acceptors (Lipinski definition) is 5. The maximum absolute atomic E-state index is 9.13. The molecule has 1 atom stereocenters. The highest BCUT2D eigenvalue weighted by Crippen LogP contribution is 2.16. The Balaban J connectivity index is 1.89. The van der Waals surface area contributed by atoms with Gasteiger partial charge in [-0.05, 0) is 26.3 Å². The molecular formula is C12H21N3OS. The van der Waals surface area contributed by atoms with Crippen molar-refractivity contribution >= 4 is 11.3 Å². The van der Waals surface area contributed by atoms with Gasteiger partial charge in [0.05, 0.1) is 17.8 Å². The summed E-state index contributed by atoms with van der Waals surface area (Å²) in [5.74, 6) is 0. The smallest absolute Gasteiger partial charge is 0.0798 e. The number of nitrogens with zero attached hydrogens (tertiary/aromatic N) is 2. The van der Waals surface area contributed by atoms with Crippen LogP contribution in [0.25, 0.3) is 0 Å². The van der Waals surface area contributed by atoms with Gasteiger partial charge in [0.15, 0.2) is 0 Å². The van der Waals surface area contributed by atoms with Crippen LogP contribution < -0.4 is 5.32 Å². The number of nitrogens with one attached hydrogen (secondary N) is 1. The van der Waals surface area contributed by atoms with Gasteiger partial charge in [-0.15, -0.1) is 11.3 Å². The molecule has 1 aromatic rings.